The van der Waals surface area contributed by atoms with Gasteiger partial charge in [0.05, 0.1) is 6.61 Å². The van der Waals surface area contributed by atoms with E-state index < -0.39 is 0 Å². The Morgan fingerprint density at radius 3 is 2.79 bits per heavy atom. The summed E-state index contributed by atoms with van der Waals surface area (Å²) in [6.45, 7) is 4.63. The minimum absolute atomic E-state index is 0.132. The number of carbonyl (C=O) groups is 2. The van der Waals surface area contributed by atoms with Crippen molar-refractivity contribution in [3.63, 3.8) is 0 Å². The lowest BCUT2D eigenvalue weighted by molar-refractivity contribution is -0.141. The molecule has 6 heteroatoms. The van der Waals surface area contributed by atoms with Gasteiger partial charge in [-0.2, -0.15) is 0 Å². The third kappa shape index (κ3) is 4.57. The zero-order valence-electron chi connectivity index (χ0n) is 11.5. The first kappa shape index (κ1) is 14.9. The summed E-state index contributed by atoms with van der Waals surface area (Å²) in [6.07, 6.45) is 1.54. The van der Waals surface area contributed by atoms with Crippen LogP contribution in [0.1, 0.15) is 24.3 Å². The topological polar surface area (TPSA) is 71.5 Å². The van der Waals surface area contributed by atoms with Crippen LogP contribution in [-0.4, -0.2) is 43.6 Å². The third-order valence-electron chi connectivity index (χ3n) is 2.43. The van der Waals surface area contributed by atoms with Crippen molar-refractivity contribution in [2.45, 2.75) is 13.8 Å². The van der Waals surface area contributed by atoms with E-state index in [1.54, 1.807) is 37.2 Å². The molecule has 0 bridgehead atoms. The van der Waals surface area contributed by atoms with Crippen LogP contribution in [0.15, 0.2) is 18.3 Å². The second-order valence-corrected chi connectivity index (χ2v) is 3.92. The second-order valence-electron chi connectivity index (χ2n) is 3.92. The molecule has 6 nitrogen and oxygen atoms in total. The van der Waals surface area contributed by atoms with Crippen molar-refractivity contribution in [2.75, 3.05) is 31.6 Å². The summed E-state index contributed by atoms with van der Waals surface area (Å²) in [5, 5.41) is 2.68. The van der Waals surface area contributed by atoms with E-state index in [0.29, 0.717) is 18.8 Å². The normalized spacial score (nSPS) is 9.84. The number of anilines is 1. The molecular weight excluding hydrogens is 246 g/mol. The van der Waals surface area contributed by atoms with Crippen LogP contribution in [0.4, 0.5) is 5.69 Å². The third-order valence-corrected chi connectivity index (χ3v) is 2.43. The van der Waals surface area contributed by atoms with Crippen LogP contribution in [0.2, 0.25) is 0 Å². The molecule has 0 atom stereocenters. The maximum absolute atomic E-state index is 11.7. The van der Waals surface area contributed by atoms with Gasteiger partial charge in [-0.1, -0.05) is 0 Å². The molecule has 0 unspecified atom stereocenters. The van der Waals surface area contributed by atoms with Gasteiger partial charge in [0, 0.05) is 25.5 Å². The number of pyridine rings is 1. The molecule has 0 aliphatic heterocycles. The summed E-state index contributed by atoms with van der Waals surface area (Å²) in [5.74, 6) is -0.532. The van der Waals surface area contributed by atoms with E-state index in [4.69, 9.17) is 4.74 Å². The van der Waals surface area contributed by atoms with Crippen molar-refractivity contribution >= 4 is 17.6 Å². The van der Waals surface area contributed by atoms with Crippen molar-refractivity contribution in [3.05, 3.63) is 24.0 Å². The zero-order chi connectivity index (χ0) is 14.3. The van der Waals surface area contributed by atoms with E-state index in [-0.39, 0.29) is 18.4 Å². The molecule has 0 aromatic carbocycles. The Hall–Kier alpha value is -2.11. The van der Waals surface area contributed by atoms with Crippen molar-refractivity contribution in [1.29, 1.82) is 0 Å². The average Bonchev–Trinajstić information content (AvgIpc) is 2.39. The Labute approximate surface area is 112 Å². The van der Waals surface area contributed by atoms with Crippen LogP contribution in [0.3, 0.4) is 0 Å². The van der Waals surface area contributed by atoms with Gasteiger partial charge in [0.1, 0.15) is 12.2 Å². The SMILES string of the molecule is CCNC(=O)c1cc(N(C)CC(=O)OCC)ccn1. The van der Waals surface area contributed by atoms with Crippen LogP contribution in [-0.2, 0) is 9.53 Å². The van der Waals surface area contributed by atoms with Gasteiger partial charge in [0.15, 0.2) is 0 Å². The molecule has 1 aromatic rings. The standard InChI is InChI=1S/C13H19N3O3/c1-4-14-13(18)11-8-10(6-7-15-11)16(3)9-12(17)19-5-2/h6-8H,4-5,9H2,1-3H3,(H,14,18). The van der Waals surface area contributed by atoms with E-state index in [9.17, 15) is 9.59 Å². The molecule has 1 aromatic heterocycles. The van der Waals surface area contributed by atoms with Crippen molar-refractivity contribution in [1.82, 2.24) is 10.3 Å². The fourth-order valence-electron chi connectivity index (χ4n) is 1.52. The van der Waals surface area contributed by atoms with E-state index in [0.717, 1.165) is 5.69 Å². The van der Waals surface area contributed by atoms with Gasteiger partial charge < -0.3 is 15.0 Å². The van der Waals surface area contributed by atoms with Gasteiger partial charge in [-0.15, -0.1) is 0 Å². The van der Waals surface area contributed by atoms with E-state index in [1.165, 1.54) is 0 Å². The minimum atomic E-state index is -0.304. The predicted molar refractivity (Wildman–Crippen MR) is 72.1 cm³/mol. The van der Waals surface area contributed by atoms with Gasteiger partial charge in [-0.25, -0.2) is 0 Å². The number of ether oxygens (including phenoxy) is 1. The maximum atomic E-state index is 11.7. The summed E-state index contributed by atoms with van der Waals surface area (Å²) in [6, 6.07) is 3.38. The lowest BCUT2D eigenvalue weighted by Gasteiger charge is -2.18. The Kier molecular flexibility index (Phi) is 5.78. The average molecular weight is 265 g/mol. The van der Waals surface area contributed by atoms with Crippen LogP contribution in [0.25, 0.3) is 0 Å². The number of nitrogens with one attached hydrogen (secondary N) is 1. The Balaban J connectivity index is 2.75. The summed E-state index contributed by atoms with van der Waals surface area (Å²) >= 11 is 0. The Bertz CT molecular complexity index is 449. The Morgan fingerprint density at radius 2 is 2.16 bits per heavy atom. The number of likely N-dealkylation sites (N-methyl/N-ethyl adjacent to an activating group) is 1. The lowest BCUT2D eigenvalue weighted by Crippen LogP contribution is -2.28. The first-order chi connectivity index (χ1) is 9.08. The molecule has 1 heterocycles. The molecule has 0 spiro atoms. The first-order valence-corrected chi connectivity index (χ1v) is 6.19. The summed E-state index contributed by atoms with van der Waals surface area (Å²) in [4.78, 5) is 28.8. The molecule has 0 saturated heterocycles. The quantitative estimate of drug-likeness (QED) is 0.771. The van der Waals surface area contributed by atoms with Crippen molar-refractivity contribution in [2.24, 2.45) is 0 Å². The number of amides is 1. The molecule has 19 heavy (non-hydrogen) atoms. The van der Waals surface area contributed by atoms with Crippen LogP contribution in [0.5, 0.6) is 0 Å². The van der Waals surface area contributed by atoms with Gasteiger partial charge in [0.25, 0.3) is 5.91 Å². The summed E-state index contributed by atoms with van der Waals surface area (Å²) in [5.41, 5.74) is 1.07. The molecule has 1 N–H and O–H groups in total. The van der Waals surface area contributed by atoms with Gasteiger partial charge in [-0.3, -0.25) is 14.6 Å². The number of hydrogen-bond donors (Lipinski definition) is 1. The molecule has 0 saturated carbocycles. The molecule has 0 aliphatic carbocycles. The van der Waals surface area contributed by atoms with Crippen molar-refractivity contribution in [3.8, 4) is 0 Å². The maximum Gasteiger partial charge on any atom is 0.325 e. The van der Waals surface area contributed by atoms with Gasteiger partial charge in [0.2, 0.25) is 0 Å². The van der Waals surface area contributed by atoms with Gasteiger partial charge in [-0.05, 0) is 26.0 Å². The molecule has 1 amide bonds. The van der Waals surface area contributed by atoms with E-state index in [1.807, 2.05) is 6.92 Å². The first-order valence-electron chi connectivity index (χ1n) is 6.19. The lowest BCUT2D eigenvalue weighted by atomic mass is 10.3. The highest BCUT2D eigenvalue weighted by Crippen LogP contribution is 2.12. The highest BCUT2D eigenvalue weighted by molar-refractivity contribution is 5.93. The number of esters is 1. The number of aromatic nitrogens is 1. The predicted octanol–water partition coefficient (Wildman–Crippen LogP) is 0.831. The highest BCUT2D eigenvalue weighted by Gasteiger charge is 2.11. The number of nitrogens with zero attached hydrogens (tertiary/aromatic N) is 2. The fraction of sp³-hybridized carbons (Fsp3) is 0.462. The molecule has 0 radical (unpaired) electrons. The molecule has 104 valence electrons. The summed E-state index contributed by atoms with van der Waals surface area (Å²) in [7, 11) is 1.76. The number of carbonyl (C=O) groups excluding carboxylic acids is 2. The minimum Gasteiger partial charge on any atom is -0.465 e. The van der Waals surface area contributed by atoms with Gasteiger partial charge >= 0.3 is 5.97 Å². The van der Waals surface area contributed by atoms with Crippen LogP contribution in [0, 0.1) is 0 Å². The molecular formula is C13H19N3O3. The fourth-order valence-corrected chi connectivity index (χ4v) is 1.52. The largest absolute Gasteiger partial charge is 0.465 e. The van der Waals surface area contributed by atoms with E-state index in [2.05, 4.69) is 10.3 Å². The molecule has 0 aliphatic rings. The van der Waals surface area contributed by atoms with Crippen LogP contribution >= 0.6 is 0 Å². The molecule has 1 rings (SSSR count). The van der Waals surface area contributed by atoms with Crippen LogP contribution < -0.4 is 10.2 Å². The number of rotatable bonds is 6. The smallest absolute Gasteiger partial charge is 0.325 e. The second kappa shape index (κ2) is 7.35. The van der Waals surface area contributed by atoms with E-state index >= 15 is 0 Å². The Morgan fingerprint density at radius 1 is 1.42 bits per heavy atom. The zero-order valence-corrected chi connectivity index (χ0v) is 11.5. The number of hydrogen-bond acceptors (Lipinski definition) is 5. The van der Waals surface area contributed by atoms with Crippen molar-refractivity contribution < 1.29 is 14.3 Å². The molecule has 0 fully saturated rings. The highest BCUT2D eigenvalue weighted by atomic mass is 16.5. The summed E-state index contributed by atoms with van der Waals surface area (Å²) < 4.78 is 4.87. The monoisotopic (exact) mass is 265 g/mol.